The van der Waals surface area contributed by atoms with Crippen LogP contribution in [0.2, 0.25) is 0 Å². The van der Waals surface area contributed by atoms with E-state index in [1.807, 2.05) is 48.2 Å². The fraction of sp³-hybridized carbons (Fsp3) is 0.167. The Labute approximate surface area is 98.2 Å². The van der Waals surface area contributed by atoms with Crippen molar-refractivity contribution in [3.63, 3.8) is 0 Å². The molecular formula is C12H13N2OS+. The fourth-order valence-corrected chi connectivity index (χ4v) is 2.20. The first kappa shape index (κ1) is 11.0. The van der Waals surface area contributed by atoms with Gasteiger partial charge in [-0.2, -0.15) is 0 Å². The van der Waals surface area contributed by atoms with E-state index in [0.717, 1.165) is 16.4 Å². The van der Waals surface area contributed by atoms with Gasteiger partial charge in [-0.25, -0.2) is 14.3 Å². The molecule has 2 rings (SSSR count). The summed E-state index contributed by atoms with van der Waals surface area (Å²) in [6, 6.07) is 11.5. The molecular weight excluding hydrogens is 220 g/mol. The minimum atomic E-state index is -0.0682. The van der Waals surface area contributed by atoms with Gasteiger partial charge in [0.05, 0.1) is 13.1 Å². The second-order valence-corrected chi connectivity index (χ2v) is 4.25. The molecule has 3 nitrogen and oxygen atoms in total. The third-order valence-corrected chi connectivity index (χ3v) is 3.19. The number of H-pyrrole nitrogens is 1. The monoisotopic (exact) mass is 233 g/mol. The molecule has 0 unspecified atom stereocenters. The van der Waals surface area contributed by atoms with Crippen LogP contribution < -0.4 is 10.1 Å². The molecule has 0 aliphatic heterocycles. The van der Waals surface area contributed by atoms with E-state index in [2.05, 4.69) is 4.98 Å². The molecule has 0 atom stereocenters. The lowest BCUT2D eigenvalue weighted by atomic mass is 10.1. The highest BCUT2D eigenvalue weighted by molar-refractivity contribution is 7.98. The number of hydrogen-bond acceptors (Lipinski definition) is 2. The quantitative estimate of drug-likeness (QED) is 0.486. The lowest BCUT2D eigenvalue weighted by molar-refractivity contribution is -0.702. The Morgan fingerprint density at radius 1 is 1.25 bits per heavy atom. The van der Waals surface area contributed by atoms with Crippen molar-refractivity contribution in [2.24, 2.45) is 7.05 Å². The van der Waals surface area contributed by atoms with Crippen molar-refractivity contribution in [3.05, 3.63) is 46.8 Å². The summed E-state index contributed by atoms with van der Waals surface area (Å²) in [6.45, 7) is 0. The molecule has 1 N–H and O–H groups in total. The number of thioether (sulfide) groups is 1. The first-order valence-corrected chi connectivity index (χ1v) is 6.17. The van der Waals surface area contributed by atoms with Crippen LogP contribution in [-0.2, 0) is 7.05 Å². The average molecular weight is 233 g/mol. The van der Waals surface area contributed by atoms with Crippen LogP contribution in [0.3, 0.4) is 0 Å². The van der Waals surface area contributed by atoms with Gasteiger partial charge < -0.3 is 0 Å². The maximum atomic E-state index is 11.5. The summed E-state index contributed by atoms with van der Waals surface area (Å²) >= 11 is 1.53. The van der Waals surface area contributed by atoms with Gasteiger partial charge in [-0.3, -0.25) is 0 Å². The van der Waals surface area contributed by atoms with Gasteiger partial charge in [-0.1, -0.05) is 30.3 Å². The normalized spacial score (nSPS) is 10.4. The molecule has 0 amide bonds. The second kappa shape index (κ2) is 4.53. The summed E-state index contributed by atoms with van der Waals surface area (Å²) in [5.74, 6) is 0. The molecule has 0 aliphatic rings. The van der Waals surface area contributed by atoms with Crippen molar-refractivity contribution < 1.29 is 4.57 Å². The van der Waals surface area contributed by atoms with E-state index < -0.39 is 0 Å². The zero-order chi connectivity index (χ0) is 11.5. The third-order valence-electron chi connectivity index (χ3n) is 2.43. The van der Waals surface area contributed by atoms with Crippen molar-refractivity contribution in [2.45, 2.75) is 5.16 Å². The highest BCUT2D eigenvalue weighted by Gasteiger charge is 2.13. The summed E-state index contributed by atoms with van der Waals surface area (Å²) < 4.78 is 1.99. The summed E-state index contributed by atoms with van der Waals surface area (Å²) in [5, 5.41) is 0.853. The fourth-order valence-electron chi connectivity index (χ4n) is 1.63. The molecule has 1 aromatic carbocycles. The Bertz CT molecular complexity index is 549. The molecule has 16 heavy (non-hydrogen) atoms. The summed E-state index contributed by atoms with van der Waals surface area (Å²) in [4.78, 5) is 14.3. The number of nitrogens with zero attached hydrogens (tertiary/aromatic N) is 1. The van der Waals surface area contributed by atoms with Gasteiger partial charge in [0.2, 0.25) is 0 Å². The molecule has 0 bridgehead atoms. The van der Waals surface area contributed by atoms with Crippen molar-refractivity contribution in [1.29, 1.82) is 0 Å². The summed E-state index contributed by atoms with van der Waals surface area (Å²) in [5.41, 5.74) is 1.90. The number of benzene rings is 1. The summed E-state index contributed by atoms with van der Waals surface area (Å²) in [7, 11) is 1.95. The van der Waals surface area contributed by atoms with Crippen LogP contribution in [-0.4, -0.2) is 11.2 Å². The van der Waals surface area contributed by atoms with Crippen molar-refractivity contribution in [2.75, 3.05) is 6.26 Å². The number of nitrogens with one attached hydrogen (secondary N) is 1. The molecule has 1 heterocycles. The van der Waals surface area contributed by atoms with E-state index in [1.165, 1.54) is 11.8 Å². The SMILES string of the molecule is CSc1[nH]c(=O)cc(-c2ccccc2)[n+]1C. The molecule has 0 aliphatic carbocycles. The number of rotatable bonds is 2. The van der Waals surface area contributed by atoms with Crippen LogP contribution in [0, 0.1) is 0 Å². The van der Waals surface area contributed by atoms with Crippen LogP contribution in [0.4, 0.5) is 0 Å². The van der Waals surface area contributed by atoms with Crippen molar-refractivity contribution in [3.8, 4) is 11.3 Å². The van der Waals surface area contributed by atoms with E-state index in [9.17, 15) is 4.79 Å². The number of aromatic nitrogens is 2. The summed E-state index contributed by atoms with van der Waals surface area (Å²) in [6.07, 6.45) is 1.94. The van der Waals surface area contributed by atoms with Crippen LogP contribution >= 0.6 is 11.8 Å². The Balaban J connectivity index is 2.66. The zero-order valence-electron chi connectivity index (χ0n) is 9.23. The minimum absolute atomic E-state index is 0.0682. The maximum absolute atomic E-state index is 11.5. The van der Waals surface area contributed by atoms with E-state index in [0.29, 0.717) is 0 Å². The molecule has 82 valence electrons. The molecule has 0 spiro atoms. The second-order valence-electron chi connectivity index (χ2n) is 3.45. The van der Waals surface area contributed by atoms with Gasteiger partial charge in [-0.05, 0) is 18.0 Å². The van der Waals surface area contributed by atoms with Crippen molar-refractivity contribution >= 4 is 11.8 Å². The minimum Gasteiger partial charge on any atom is -0.241 e. The molecule has 0 fully saturated rings. The molecule has 0 radical (unpaired) electrons. The Kier molecular flexibility index (Phi) is 3.10. The standard InChI is InChI=1S/C12H12N2OS/c1-14-10(9-6-4-3-5-7-9)8-11(15)13-12(14)16-2/h3-8H,1-2H3/p+1. The van der Waals surface area contributed by atoms with E-state index >= 15 is 0 Å². The van der Waals surface area contributed by atoms with Gasteiger partial charge in [0.25, 0.3) is 0 Å². The Morgan fingerprint density at radius 3 is 2.56 bits per heavy atom. The number of hydrogen-bond donors (Lipinski definition) is 1. The topological polar surface area (TPSA) is 36.7 Å². The van der Waals surface area contributed by atoms with Gasteiger partial charge in [0.1, 0.15) is 5.69 Å². The predicted octanol–water partition coefficient (Wildman–Crippen LogP) is 1.59. The van der Waals surface area contributed by atoms with Crippen molar-refractivity contribution in [1.82, 2.24) is 4.98 Å². The molecule has 0 saturated carbocycles. The first-order chi connectivity index (χ1) is 7.72. The Hall–Kier alpha value is -1.55. The van der Waals surface area contributed by atoms with E-state index in [1.54, 1.807) is 6.07 Å². The van der Waals surface area contributed by atoms with Gasteiger partial charge in [-0.15, -0.1) is 0 Å². The van der Waals surface area contributed by atoms with Crippen LogP contribution in [0.5, 0.6) is 0 Å². The first-order valence-electron chi connectivity index (χ1n) is 4.95. The lowest BCUT2D eigenvalue weighted by Gasteiger charge is -2.04. The lowest BCUT2D eigenvalue weighted by Crippen LogP contribution is -2.37. The zero-order valence-corrected chi connectivity index (χ0v) is 10.0. The van der Waals surface area contributed by atoms with Gasteiger partial charge in [0, 0.05) is 5.56 Å². The molecule has 0 saturated heterocycles. The molecule has 2 aromatic rings. The van der Waals surface area contributed by atoms with E-state index in [-0.39, 0.29) is 5.56 Å². The molecule has 1 aromatic heterocycles. The predicted molar refractivity (Wildman–Crippen MR) is 65.5 cm³/mol. The smallest absolute Gasteiger partial charge is 0.241 e. The van der Waals surface area contributed by atoms with Crippen LogP contribution in [0.1, 0.15) is 0 Å². The van der Waals surface area contributed by atoms with Crippen LogP contribution in [0.25, 0.3) is 11.3 Å². The molecule has 4 heteroatoms. The Morgan fingerprint density at radius 2 is 1.94 bits per heavy atom. The number of aromatic amines is 1. The maximum Gasteiger partial charge on any atom is 0.336 e. The van der Waals surface area contributed by atoms with Gasteiger partial charge >= 0.3 is 10.7 Å². The van der Waals surface area contributed by atoms with Gasteiger partial charge in [0.15, 0.2) is 0 Å². The van der Waals surface area contributed by atoms with Crippen LogP contribution in [0.15, 0.2) is 46.3 Å². The van der Waals surface area contributed by atoms with E-state index in [4.69, 9.17) is 0 Å². The third kappa shape index (κ3) is 2.02. The highest BCUT2D eigenvalue weighted by atomic mass is 32.2. The largest absolute Gasteiger partial charge is 0.336 e. The highest BCUT2D eigenvalue weighted by Crippen LogP contribution is 2.14. The average Bonchev–Trinajstić information content (AvgIpc) is 2.33.